The highest BCUT2D eigenvalue weighted by Crippen LogP contribution is 2.30. The summed E-state index contributed by atoms with van der Waals surface area (Å²) >= 11 is 0. The van der Waals surface area contributed by atoms with Crippen LogP contribution in [0.15, 0.2) is 0 Å². The van der Waals surface area contributed by atoms with Crippen LogP contribution < -0.4 is 0 Å². The van der Waals surface area contributed by atoms with E-state index in [2.05, 4.69) is 0 Å². The van der Waals surface area contributed by atoms with Crippen molar-refractivity contribution in [2.24, 2.45) is 5.92 Å². The van der Waals surface area contributed by atoms with Crippen LogP contribution in [-0.4, -0.2) is 49.3 Å². The first kappa shape index (κ1) is 11.5. The van der Waals surface area contributed by atoms with Crippen LogP contribution in [0, 0.1) is 5.92 Å². The van der Waals surface area contributed by atoms with E-state index in [0.29, 0.717) is 0 Å². The quantitative estimate of drug-likeness (QED) is 0.740. The predicted octanol–water partition coefficient (Wildman–Crippen LogP) is 1.19. The lowest BCUT2D eigenvalue weighted by Crippen LogP contribution is -2.38. The van der Waals surface area contributed by atoms with Gasteiger partial charge in [-0.2, -0.15) is 0 Å². The Morgan fingerprint density at radius 3 is 2.88 bits per heavy atom. The molecule has 96 valence electrons. The number of nitrogens with zero attached hydrogens (tertiary/aromatic N) is 1. The second kappa shape index (κ2) is 4.94. The Balaban J connectivity index is 1.43. The number of hydrogen-bond acceptors (Lipinski definition) is 3. The van der Waals surface area contributed by atoms with E-state index in [1.165, 1.54) is 12.8 Å². The van der Waals surface area contributed by atoms with Crippen LogP contribution in [0.4, 0.5) is 0 Å². The van der Waals surface area contributed by atoms with Gasteiger partial charge in [0.25, 0.3) is 5.91 Å². The van der Waals surface area contributed by atoms with Crippen molar-refractivity contribution in [2.75, 3.05) is 26.3 Å². The van der Waals surface area contributed by atoms with Gasteiger partial charge in [-0.3, -0.25) is 4.79 Å². The predicted molar refractivity (Wildman–Crippen MR) is 62.6 cm³/mol. The second-order valence-electron chi connectivity index (χ2n) is 5.47. The fraction of sp³-hybridized carbons (Fsp3) is 0.923. The average molecular weight is 239 g/mol. The Kier molecular flexibility index (Phi) is 3.34. The average Bonchev–Trinajstić information content (AvgIpc) is 2.86. The third kappa shape index (κ3) is 2.80. The molecule has 2 aliphatic heterocycles. The zero-order valence-electron chi connectivity index (χ0n) is 10.3. The van der Waals surface area contributed by atoms with Crippen molar-refractivity contribution in [2.45, 2.75) is 44.3 Å². The lowest BCUT2D eigenvalue weighted by molar-refractivity contribution is -0.140. The summed E-state index contributed by atoms with van der Waals surface area (Å²) < 4.78 is 11.3. The molecule has 4 heteroatoms. The molecule has 0 radical (unpaired) electrons. The zero-order valence-corrected chi connectivity index (χ0v) is 10.3. The molecule has 0 spiro atoms. The van der Waals surface area contributed by atoms with Gasteiger partial charge in [-0.05, 0) is 38.0 Å². The summed E-state index contributed by atoms with van der Waals surface area (Å²) in [4.78, 5) is 14.0. The van der Waals surface area contributed by atoms with Gasteiger partial charge in [0, 0.05) is 26.3 Å². The number of ether oxygens (including phenoxy) is 2. The van der Waals surface area contributed by atoms with E-state index in [0.717, 1.165) is 51.5 Å². The third-order valence-electron chi connectivity index (χ3n) is 3.93. The van der Waals surface area contributed by atoms with Crippen LogP contribution in [0.2, 0.25) is 0 Å². The number of amides is 1. The van der Waals surface area contributed by atoms with E-state index in [9.17, 15) is 4.79 Å². The van der Waals surface area contributed by atoms with Crippen LogP contribution in [0.3, 0.4) is 0 Å². The third-order valence-corrected chi connectivity index (χ3v) is 3.93. The van der Waals surface area contributed by atoms with Gasteiger partial charge in [-0.25, -0.2) is 0 Å². The van der Waals surface area contributed by atoms with Gasteiger partial charge >= 0.3 is 0 Å². The maximum absolute atomic E-state index is 12.1. The summed E-state index contributed by atoms with van der Waals surface area (Å²) in [5, 5.41) is 0. The van der Waals surface area contributed by atoms with Gasteiger partial charge in [0.05, 0.1) is 6.10 Å². The normalized spacial score (nSPS) is 33.3. The van der Waals surface area contributed by atoms with Crippen LogP contribution in [0.1, 0.15) is 32.1 Å². The van der Waals surface area contributed by atoms with Gasteiger partial charge in [0.2, 0.25) is 0 Å². The maximum Gasteiger partial charge on any atom is 0.251 e. The van der Waals surface area contributed by atoms with Gasteiger partial charge in [-0.1, -0.05) is 0 Å². The first-order valence-electron chi connectivity index (χ1n) is 6.85. The number of likely N-dealkylation sites (tertiary alicyclic amines) is 1. The highest BCUT2D eigenvalue weighted by atomic mass is 16.5. The van der Waals surface area contributed by atoms with Crippen molar-refractivity contribution in [3.8, 4) is 0 Å². The topological polar surface area (TPSA) is 38.8 Å². The second-order valence-corrected chi connectivity index (χ2v) is 5.47. The zero-order chi connectivity index (χ0) is 11.7. The minimum atomic E-state index is -0.169. The largest absolute Gasteiger partial charge is 0.376 e. The van der Waals surface area contributed by atoms with Crippen LogP contribution >= 0.6 is 0 Å². The summed E-state index contributed by atoms with van der Waals surface area (Å²) in [6, 6.07) is 0. The lowest BCUT2D eigenvalue weighted by Gasteiger charge is -2.20. The number of carbonyl (C=O) groups excluding carboxylic acids is 1. The smallest absolute Gasteiger partial charge is 0.251 e. The standard InChI is InChI=1S/C13H21NO3/c15-13(12-2-1-7-16-12)14-6-5-11(8-14)17-9-10-3-4-10/h10-12H,1-9H2/t11-,12-/m1/s1. The Morgan fingerprint density at radius 1 is 1.29 bits per heavy atom. The molecule has 3 rings (SSSR count). The molecule has 0 bridgehead atoms. The molecule has 3 fully saturated rings. The molecule has 2 atom stereocenters. The lowest BCUT2D eigenvalue weighted by atomic mass is 10.2. The van der Waals surface area contributed by atoms with Crippen LogP contribution in [-0.2, 0) is 14.3 Å². The SMILES string of the molecule is O=C([C@H]1CCCO1)N1CC[C@@H](OCC2CC2)C1. The maximum atomic E-state index is 12.1. The molecule has 1 saturated carbocycles. The van der Waals surface area contributed by atoms with Crippen molar-refractivity contribution in [3.05, 3.63) is 0 Å². The van der Waals surface area contributed by atoms with Crippen molar-refractivity contribution in [3.63, 3.8) is 0 Å². The van der Waals surface area contributed by atoms with Gasteiger partial charge in [0.15, 0.2) is 0 Å². The first-order chi connectivity index (χ1) is 8.33. The summed E-state index contributed by atoms with van der Waals surface area (Å²) in [6.45, 7) is 3.25. The number of rotatable bonds is 4. The molecule has 17 heavy (non-hydrogen) atoms. The first-order valence-corrected chi connectivity index (χ1v) is 6.85. The molecule has 2 saturated heterocycles. The fourth-order valence-electron chi connectivity index (χ4n) is 2.60. The Morgan fingerprint density at radius 2 is 2.18 bits per heavy atom. The van der Waals surface area contributed by atoms with Crippen molar-refractivity contribution >= 4 is 5.91 Å². The van der Waals surface area contributed by atoms with Gasteiger partial charge in [0.1, 0.15) is 6.10 Å². The van der Waals surface area contributed by atoms with Crippen molar-refractivity contribution in [1.29, 1.82) is 0 Å². The fourth-order valence-corrected chi connectivity index (χ4v) is 2.60. The summed E-state index contributed by atoms with van der Waals surface area (Å²) in [6.07, 6.45) is 5.65. The van der Waals surface area contributed by atoms with E-state index in [-0.39, 0.29) is 18.1 Å². The number of carbonyl (C=O) groups is 1. The van der Waals surface area contributed by atoms with Crippen molar-refractivity contribution < 1.29 is 14.3 Å². The van der Waals surface area contributed by atoms with E-state index in [1.807, 2.05) is 4.90 Å². The van der Waals surface area contributed by atoms with Gasteiger partial charge < -0.3 is 14.4 Å². The molecule has 0 aromatic rings. The summed E-state index contributed by atoms with van der Waals surface area (Å²) in [5.74, 6) is 0.984. The minimum absolute atomic E-state index is 0.169. The van der Waals surface area contributed by atoms with E-state index >= 15 is 0 Å². The molecule has 0 aromatic carbocycles. The van der Waals surface area contributed by atoms with E-state index < -0.39 is 0 Å². The molecule has 0 aromatic heterocycles. The van der Waals surface area contributed by atoms with E-state index in [4.69, 9.17) is 9.47 Å². The van der Waals surface area contributed by atoms with E-state index in [1.54, 1.807) is 0 Å². The highest BCUT2D eigenvalue weighted by molar-refractivity contribution is 5.81. The Labute approximate surface area is 102 Å². The molecule has 4 nitrogen and oxygen atoms in total. The molecule has 3 aliphatic rings. The molecular weight excluding hydrogens is 218 g/mol. The van der Waals surface area contributed by atoms with Crippen LogP contribution in [0.25, 0.3) is 0 Å². The Hall–Kier alpha value is -0.610. The molecule has 2 heterocycles. The highest BCUT2D eigenvalue weighted by Gasteiger charge is 2.34. The van der Waals surface area contributed by atoms with Crippen molar-refractivity contribution in [1.82, 2.24) is 4.90 Å². The minimum Gasteiger partial charge on any atom is -0.376 e. The molecular formula is C13H21NO3. The summed E-state index contributed by atoms with van der Waals surface area (Å²) in [5.41, 5.74) is 0. The summed E-state index contributed by atoms with van der Waals surface area (Å²) in [7, 11) is 0. The Bertz CT molecular complexity index is 284. The number of hydrogen-bond donors (Lipinski definition) is 0. The molecule has 1 aliphatic carbocycles. The van der Waals surface area contributed by atoms with Gasteiger partial charge in [-0.15, -0.1) is 0 Å². The van der Waals surface area contributed by atoms with Crippen LogP contribution in [0.5, 0.6) is 0 Å². The monoisotopic (exact) mass is 239 g/mol. The molecule has 0 unspecified atom stereocenters. The molecule has 0 N–H and O–H groups in total. The molecule has 1 amide bonds.